The predicted octanol–water partition coefficient (Wildman–Crippen LogP) is 1.58. The first-order chi connectivity index (χ1) is 14.6. The number of aldehydes is 1. The van der Waals surface area contributed by atoms with E-state index in [1.807, 2.05) is 0 Å². The number of anilines is 2. The zero-order valence-corrected chi connectivity index (χ0v) is 16.7. The van der Waals surface area contributed by atoms with Gasteiger partial charge in [0.05, 0.1) is 42.0 Å². The molecule has 2 aromatic rings. The van der Waals surface area contributed by atoms with Crippen molar-refractivity contribution in [2.45, 2.75) is 18.9 Å². The van der Waals surface area contributed by atoms with Crippen LogP contribution in [0.1, 0.15) is 18.4 Å². The lowest BCUT2D eigenvalue weighted by molar-refractivity contribution is -0.117. The number of nitrogens with one attached hydrogen (secondary N) is 3. The van der Waals surface area contributed by atoms with E-state index in [1.165, 1.54) is 6.20 Å². The lowest BCUT2D eigenvalue weighted by Gasteiger charge is -2.16. The fourth-order valence-corrected chi connectivity index (χ4v) is 2.80. The first-order valence-corrected chi connectivity index (χ1v) is 9.73. The van der Waals surface area contributed by atoms with Crippen molar-refractivity contribution in [1.82, 2.24) is 15.3 Å². The van der Waals surface area contributed by atoms with Crippen LogP contribution < -0.4 is 16.0 Å². The summed E-state index contributed by atoms with van der Waals surface area (Å²) in [6.07, 6.45) is 5.71. The highest BCUT2D eigenvalue weighted by Gasteiger charge is 2.29. The summed E-state index contributed by atoms with van der Waals surface area (Å²) in [7, 11) is 1.61. The van der Waals surface area contributed by atoms with E-state index in [4.69, 9.17) is 4.74 Å². The summed E-state index contributed by atoms with van der Waals surface area (Å²) in [5.41, 5.74) is 2.28. The summed E-state index contributed by atoms with van der Waals surface area (Å²) < 4.78 is 4.97. The molecule has 0 radical (unpaired) electrons. The molecule has 1 aliphatic carbocycles. The molecule has 0 bridgehead atoms. The van der Waals surface area contributed by atoms with Gasteiger partial charge in [0.1, 0.15) is 12.4 Å². The molecule has 1 aromatic carbocycles. The molecule has 3 N–H and O–H groups in total. The third-order valence-corrected chi connectivity index (χ3v) is 4.64. The summed E-state index contributed by atoms with van der Waals surface area (Å²) >= 11 is 0. The normalized spacial score (nSPS) is 13.9. The average molecular weight is 408 g/mol. The Kier molecular flexibility index (Phi) is 7.43. The molecule has 30 heavy (non-hydrogen) atoms. The van der Waals surface area contributed by atoms with Gasteiger partial charge in [0.2, 0.25) is 5.91 Å². The number of aromatic nitrogens is 2. The highest BCUT2D eigenvalue weighted by molar-refractivity contribution is 5.93. The van der Waals surface area contributed by atoms with Crippen molar-refractivity contribution in [3.63, 3.8) is 0 Å². The Labute approximate surface area is 174 Å². The third-order valence-electron chi connectivity index (χ3n) is 4.64. The Balaban J connectivity index is 1.70. The van der Waals surface area contributed by atoms with E-state index in [9.17, 15) is 14.9 Å². The standard InChI is InChI=1S/C21H24N6O3/c1-30-7-6-23-10-17(13-28)26-18-8-15(4-5-16(18)9-22)19-11-25-20(12-24-19)27-21(29)14-2-3-14/h4-5,8,11-14,17,23,26H,2-3,6-7,10H2,1H3,(H,25,27,29)/t17-/m0/s1. The molecule has 9 nitrogen and oxygen atoms in total. The summed E-state index contributed by atoms with van der Waals surface area (Å²) in [5, 5.41) is 18.4. The van der Waals surface area contributed by atoms with Gasteiger partial charge >= 0.3 is 0 Å². The van der Waals surface area contributed by atoms with E-state index >= 15 is 0 Å². The van der Waals surface area contributed by atoms with Crippen molar-refractivity contribution in [2.24, 2.45) is 5.92 Å². The van der Waals surface area contributed by atoms with Crippen LogP contribution in [0.3, 0.4) is 0 Å². The van der Waals surface area contributed by atoms with Crippen molar-refractivity contribution in [3.8, 4) is 17.3 Å². The zero-order chi connectivity index (χ0) is 21.3. The van der Waals surface area contributed by atoms with Crippen LogP contribution in [0.2, 0.25) is 0 Å². The number of nitriles is 1. The Morgan fingerprint density at radius 2 is 2.20 bits per heavy atom. The molecule has 0 unspecified atom stereocenters. The molecule has 156 valence electrons. The van der Waals surface area contributed by atoms with Crippen molar-refractivity contribution < 1.29 is 14.3 Å². The summed E-state index contributed by atoms with van der Waals surface area (Å²) in [6.45, 7) is 1.56. The Bertz CT molecular complexity index is 921. The van der Waals surface area contributed by atoms with Gasteiger partial charge < -0.3 is 25.5 Å². The monoisotopic (exact) mass is 408 g/mol. The molecule has 0 saturated heterocycles. The molecule has 1 aliphatic rings. The molecular formula is C21H24N6O3. The number of amides is 1. The second-order valence-corrected chi connectivity index (χ2v) is 7.01. The molecule has 9 heteroatoms. The minimum absolute atomic E-state index is 0.0269. The van der Waals surface area contributed by atoms with Gasteiger partial charge in [0, 0.05) is 31.7 Å². The molecule has 1 amide bonds. The van der Waals surface area contributed by atoms with Gasteiger partial charge in [-0.05, 0) is 25.0 Å². The van der Waals surface area contributed by atoms with Gasteiger partial charge in [0.15, 0.2) is 5.82 Å². The van der Waals surface area contributed by atoms with Crippen molar-refractivity contribution >= 4 is 23.7 Å². The van der Waals surface area contributed by atoms with E-state index < -0.39 is 6.04 Å². The number of carbonyl (C=O) groups excluding carboxylic acids is 2. The summed E-state index contributed by atoms with van der Waals surface area (Å²) in [6, 6.07) is 6.82. The first kappa shape index (κ1) is 21.4. The second kappa shape index (κ2) is 10.4. The maximum Gasteiger partial charge on any atom is 0.228 e. The van der Waals surface area contributed by atoms with Gasteiger partial charge in [0.25, 0.3) is 0 Å². The first-order valence-electron chi connectivity index (χ1n) is 9.73. The lowest BCUT2D eigenvalue weighted by atomic mass is 10.1. The number of rotatable bonds is 11. The highest BCUT2D eigenvalue weighted by atomic mass is 16.5. The number of benzene rings is 1. The summed E-state index contributed by atoms with van der Waals surface area (Å²) in [4.78, 5) is 31.9. The maximum absolute atomic E-state index is 11.8. The van der Waals surface area contributed by atoms with Gasteiger partial charge in [-0.2, -0.15) is 5.26 Å². The number of hydrogen-bond acceptors (Lipinski definition) is 8. The van der Waals surface area contributed by atoms with Crippen LogP contribution in [0.15, 0.2) is 30.6 Å². The molecule has 3 rings (SSSR count). The van der Waals surface area contributed by atoms with Crippen LogP contribution in [0, 0.1) is 17.2 Å². The van der Waals surface area contributed by atoms with Crippen molar-refractivity contribution in [1.29, 1.82) is 5.26 Å². The minimum atomic E-state index is -0.504. The summed E-state index contributed by atoms with van der Waals surface area (Å²) in [5.74, 6) is 0.472. The van der Waals surface area contributed by atoms with Crippen LogP contribution >= 0.6 is 0 Å². The van der Waals surface area contributed by atoms with Crippen LogP contribution in [-0.4, -0.2) is 55.0 Å². The molecule has 1 atom stereocenters. The van der Waals surface area contributed by atoms with E-state index in [2.05, 4.69) is 32.0 Å². The van der Waals surface area contributed by atoms with Gasteiger partial charge in [-0.25, -0.2) is 4.98 Å². The van der Waals surface area contributed by atoms with Gasteiger partial charge in [-0.1, -0.05) is 6.07 Å². The van der Waals surface area contributed by atoms with Gasteiger partial charge in [-0.15, -0.1) is 0 Å². The van der Waals surface area contributed by atoms with Crippen LogP contribution in [0.4, 0.5) is 11.5 Å². The Hall–Kier alpha value is -3.35. The van der Waals surface area contributed by atoms with Crippen molar-refractivity contribution in [3.05, 3.63) is 36.2 Å². The Morgan fingerprint density at radius 1 is 1.37 bits per heavy atom. The smallest absolute Gasteiger partial charge is 0.228 e. The largest absolute Gasteiger partial charge is 0.383 e. The van der Waals surface area contributed by atoms with E-state index in [0.29, 0.717) is 42.5 Å². The number of carbonyl (C=O) groups is 2. The number of ether oxygens (including phenoxy) is 1. The van der Waals surface area contributed by atoms with Crippen LogP contribution in [0.5, 0.6) is 0 Å². The van der Waals surface area contributed by atoms with Crippen molar-refractivity contribution in [2.75, 3.05) is 37.4 Å². The molecule has 1 heterocycles. The molecular weight excluding hydrogens is 384 g/mol. The molecule has 0 spiro atoms. The highest BCUT2D eigenvalue weighted by Crippen LogP contribution is 2.30. The topological polar surface area (TPSA) is 129 Å². The number of hydrogen-bond donors (Lipinski definition) is 3. The fourth-order valence-electron chi connectivity index (χ4n) is 2.80. The van der Waals surface area contributed by atoms with Gasteiger partial charge in [-0.3, -0.25) is 9.78 Å². The van der Waals surface area contributed by atoms with Crippen LogP contribution in [0.25, 0.3) is 11.3 Å². The molecule has 1 aromatic heterocycles. The third kappa shape index (κ3) is 5.83. The number of methoxy groups -OCH3 is 1. The Morgan fingerprint density at radius 3 is 2.83 bits per heavy atom. The average Bonchev–Trinajstić information content (AvgIpc) is 3.62. The predicted molar refractivity (Wildman–Crippen MR) is 112 cm³/mol. The number of nitrogens with zero attached hydrogens (tertiary/aromatic N) is 3. The SMILES string of the molecule is COCCNC[C@@H](C=O)Nc1cc(-c2cnc(NC(=O)C3CC3)cn2)ccc1C#N. The molecule has 1 saturated carbocycles. The zero-order valence-electron chi connectivity index (χ0n) is 16.7. The molecule has 1 fully saturated rings. The van der Waals surface area contributed by atoms with E-state index in [0.717, 1.165) is 24.7 Å². The fraction of sp³-hybridized carbons (Fsp3) is 0.381. The minimum Gasteiger partial charge on any atom is -0.383 e. The second-order valence-electron chi connectivity index (χ2n) is 7.01. The lowest BCUT2D eigenvalue weighted by Crippen LogP contribution is -2.35. The van der Waals surface area contributed by atoms with E-state index in [1.54, 1.807) is 31.5 Å². The maximum atomic E-state index is 11.8. The van der Waals surface area contributed by atoms with E-state index in [-0.39, 0.29) is 11.8 Å². The quantitative estimate of drug-likeness (QED) is 0.377. The van der Waals surface area contributed by atoms with Crippen LogP contribution in [-0.2, 0) is 14.3 Å². The molecule has 0 aliphatic heterocycles.